The summed E-state index contributed by atoms with van der Waals surface area (Å²) in [7, 11) is 0. The number of anilines is 1. The highest BCUT2D eigenvalue weighted by Gasteiger charge is 2.23. The number of hydrogen-bond donors (Lipinski definition) is 2. The van der Waals surface area contributed by atoms with E-state index < -0.39 is 0 Å². The summed E-state index contributed by atoms with van der Waals surface area (Å²) in [4.78, 5) is 11.3. The van der Waals surface area contributed by atoms with Crippen molar-refractivity contribution in [2.75, 3.05) is 31.1 Å². The van der Waals surface area contributed by atoms with Crippen molar-refractivity contribution >= 4 is 5.82 Å². The molecule has 0 unspecified atom stereocenters. The van der Waals surface area contributed by atoms with Gasteiger partial charge in [0.05, 0.1) is 11.8 Å². The van der Waals surface area contributed by atoms with Gasteiger partial charge in [-0.15, -0.1) is 0 Å². The fourth-order valence-electron chi connectivity index (χ4n) is 2.54. The van der Waals surface area contributed by atoms with E-state index in [2.05, 4.69) is 26.3 Å². The van der Waals surface area contributed by atoms with Gasteiger partial charge in [0.1, 0.15) is 11.6 Å². The van der Waals surface area contributed by atoms with E-state index >= 15 is 0 Å². The molecule has 3 rings (SSSR count). The second-order valence-corrected chi connectivity index (χ2v) is 5.27. The first-order valence-electron chi connectivity index (χ1n) is 6.71. The SMILES string of the molecule is Cc1nc(C2CNC2)cc(N2CCC(O)CC2)n1. The Balaban J connectivity index is 1.80. The molecule has 5 nitrogen and oxygen atoms in total. The van der Waals surface area contributed by atoms with Crippen LogP contribution in [0.3, 0.4) is 0 Å². The van der Waals surface area contributed by atoms with Crippen LogP contribution >= 0.6 is 0 Å². The number of aliphatic hydroxyl groups excluding tert-OH is 1. The molecule has 2 aliphatic rings. The normalized spacial score (nSPS) is 22.0. The van der Waals surface area contributed by atoms with Gasteiger partial charge in [0.15, 0.2) is 0 Å². The molecule has 0 saturated carbocycles. The maximum absolute atomic E-state index is 9.55. The van der Waals surface area contributed by atoms with Crippen LogP contribution < -0.4 is 10.2 Å². The maximum Gasteiger partial charge on any atom is 0.132 e. The maximum atomic E-state index is 9.55. The van der Waals surface area contributed by atoms with Gasteiger partial charge in [-0.3, -0.25) is 0 Å². The van der Waals surface area contributed by atoms with Crippen LogP contribution in [0.25, 0.3) is 0 Å². The second-order valence-electron chi connectivity index (χ2n) is 5.27. The van der Waals surface area contributed by atoms with Crippen LogP contribution in [0.15, 0.2) is 6.07 Å². The Morgan fingerprint density at radius 2 is 2.00 bits per heavy atom. The van der Waals surface area contributed by atoms with Crippen LogP contribution in [-0.4, -0.2) is 47.4 Å². The van der Waals surface area contributed by atoms with Crippen molar-refractivity contribution in [3.05, 3.63) is 17.6 Å². The van der Waals surface area contributed by atoms with Gasteiger partial charge in [-0.1, -0.05) is 0 Å². The van der Waals surface area contributed by atoms with Crippen LogP contribution in [0, 0.1) is 6.92 Å². The van der Waals surface area contributed by atoms with Gasteiger partial charge in [-0.2, -0.15) is 0 Å². The molecular weight excluding hydrogens is 228 g/mol. The molecule has 0 bridgehead atoms. The van der Waals surface area contributed by atoms with Crippen molar-refractivity contribution in [2.45, 2.75) is 31.8 Å². The van der Waals surface area contributed by atoms with Gasteiger partial charge in [0.25, 0.3) is 0 Å². The van der Waals surface area contributed by atoms with Crippen molar-refractivity contribution < 1.29 is 5.11 Å². The third kappa shape index (κ3) is 2.33. The Hall–Kier alpha value is -1.20. The zero-order chi connectivity index (χ0) is 12.5. The summed E-state index contributed by atoms with van der Waals surface area (Å²) in [5.74, 6) is 2.41. The fourth-order valence-corrected chi connectivity index (χ4v) is 2.54. The molecule has 5 heteroatoms. The zero-order valence-corrected chi connectivity index (χ0v) is 10.8. The molecule has 98 valence electrons. The fraction of sp³-hybridized carbons (Fsp3) is 0.692. The summed E-state index contributed by atoms with van der Waals surface area (Å²) in [6.45, 7) is 5.78. The molecule has 0 radical (unpaired) electrons. The Morgan fingerprint density at radius 1 is 1.28 bits per heavy atom. The first kappa shape index (κ1) is 11.9. The number of hydrogen-bond acceptors (Lipinski definition) is 5. The Kier molecular flexibility index (Phi) is 3.18. The molecule has 3 heterocycles. The van der Waals surface area contributed by atoms with Crippen molar-refractivity contribution in [1.29, 1.82) is 0 Å². The van der Waals surface area contributed by atoms with E-state index in [-0.39, 0.29) is 6.10 Å². The molecule has 2 saturated heterocycles. The molecule has 2 aliphatic heterocycles. The summed E-state index contributed by atoms with van der Waals surface area (Å²) in [6, 6.07) is 2.12. The Labute approximate surface area is 107 Å². The standard InChI is InChI=1S/C13H20N4O/c1-9-15-12(10-7-14-8-10)6-13(16-9)17-4-2-11(18)3-5-17/h6,10-11,14,18H,2-5,7-8H2,1H3. The molecule has 0 amide bonds. The van der Waals surface area contributed by atoms with Crippen molar-refractivity contribution in [3.8, 4) is 0 Å². The van der Waals surface area contributed by atoms with E-state index in [0.29, 0.717) is 5.92 Å². The van der Waals surface area contributed by atoms with E-state index in [1.807, 2.05) is 6.92 Å². The van der Waals surface area contributed by atoms with Crippen molar-refractivity contribution in [3.63, 3.8) is 0 Å². The van der Waals surface area contributed by atoms with E-state index in [0.717, 1.165) is 56.4 Å². The summed E-state index contributed by atoms with van der Waals surface area (Å²) in [5.41, 5.74) is 1.15. The largest absolute Gasteiger partial charge is 0.393 e. The topological polar surface area (TPSA) is 61.3 Å². The Bertz CT molecular complexity index is 425. The van der Waals surface area contributed by atoms with Crippen molar-refractivity contribution in [2.24, 2.45) is 0 Å². The predicted molar refractivity (Wildman–Crippen MR) is 69.8 cm³/mol. The lowest BCUT2D eigenvalue weighted by atomic mass is 9.98. The minimum absolute atomic E-state index is 0.139. The third-order valence-corrected chi connectivity index (χ3v) is 3.83. The van der Waals surface area contributed by atoms with Gasteiger partial charge in [-0.25, -0.2) is 9.97 Å². The average molecular weight is 248 g/mol. The average Bonchev–Trinajstić information content (AvgIpc) is 2.26. The molecule has 0 spiro atoms. The first-order chi connectivity index (χ1) is 8.72. The van der Waals surface area contributed by atoms with E-state index in [9.17, 15) is 5.11 Å². The van der Waals surface area contributed by atoms with Crippen LogP contribution in [-0.2, 0) is 0 Å². The molecule has 18 heavy (non-hydrogen) atoms. The number of aromatic nitrogens is 2. The number of nitrogens with zero attached hydrogens (tertiary/aromatic N) is 3. The lowest BCUT2D eigenvalue weighted by Crippen LogP contribution is -2.41. The third-order valence-electron chi connectivity index (χ3n) is 3.83. The van der Waals surface area contributed by atoms with E-state index in [4.69, 9.17) is 0 Å². The predicted octanol–water partition coefficient (Wildman–Crippen LogP) is 0.433. The molecule has 2 fully saturated rings. The van der Waals surface area contributed by atoms with Crippen molar-refractivity contribution in [1.82, 2.24) is 15.3 Å². The second kappa shape index (κ2) is 4.82. The highest BCUT2D eigenvalue weighted by atomic mass is 16.3. The zero-order valence-electron chi connectivity index (χ0n) is 10.8. The summed E-state index contributed by atoms with van der Waals surface area (Å²) in [6.07, 6.45) is 1.53. The lowest BCUT2D eigenvalue weighted by molar-refractivity contribution is 0.145. The van der Waals surface area contributed by atoms with Gasteiger partial charge in [-0.05, 0) is 19.8 Å². The minimum Gasteiger partial charge on any atom is -0.393 e. The van der Waals surface area contributed by atoms with Gasteiger partial charge < -0.3 is 15.3 Å². The molecule has 0 aromatic carbocycles. The summed E-state index contributed by atoms with van der Waals surface area (Å²) < 4.78 is 0. The molecule has 0 atom stereocenters. The molecule has 0 aliphatic carbocycles. The van der Waals surface area contributed by atoms with Gasteiger partial charge in [0, 0.05) is 38.2 Å². The summed E-state index contributed by atoms with van der Waals surface area (Å²) >= 11 is 0. The molecule has 2 N–H and O–H groups in total. The number of rotatable bonds is 2. The van der Waals surface area contributed by atoms with Crippen LogP contribution in [0.2, 0.25) is 0 Å². The van der Waals surface area contributed by atoms with Crippen LogP contribution in [0.5, 0.6) is 0 Å². The molecule has 1 aromatic rings. The lowest BCUT2D eigenvalue weighted by Gasteiger charge is -2.32. The number of nitrogens with one attached hydrogen (secondary N) is 1. The van der Waals surface area contributed by atoms with Crippen LogP contribution in [0.4, 0.5) is 5.82 Å². The van der Waals surface area contributed by atoms with Gasteiger partial charge >= 0.3 is 0 Å². The number of piperidine rings is 1. The van der Waals surface area contributed by atoms with E-state index in [1.54, 1.807) is 0 Å². The minimum atomic E-state index is -0.139. The van der Waals surface area contributed by atoms with E-state index in [1.165, 1.54) is 0 Å². The monoisotopic (exact) mass is 248 g/mol. The Morgan fingerprint density at radius 3 is 2.61 bits per heavy atom. The number of aryl methyl sites for hydroxylation is 1. The molecular formula is C13H20N4O. The smallest absolute Gasteiger partial charge is 0.132 e. The van der Waals surface area contributed by atoms with Gasteiger partial charge in [0.2, 0.25) is 0 Å². The number of aliphatic hydroxyl groups is 1. The molecule has 1 aromatic heterocycles. The highest BCUT2D eigenvalue weighted by Crippen LogP contribution is 2.24. The summed E-state index contributed by atoms with van der Waals surface area (Å²) in [5, 5.41) is 12.8. The quantitative estimate of drug-likeness (QED) is 0.795. The van der Waals surface area contributed by atoms with Crippen LogP contribution in [0.1, 0.15) is 30.3 Å². The highest BCUT2D eigenvalue weighted by molar-refractivity contribution is 5.41. The first-order valence-corrected chi connectivity index (χ1v) is 6.71.